The molecule has 1 aromatic carbocycles. The fourth-order valence-corrected chi connectivity index (χ4v) is 2.15. The number of aromatic carboxylic acids is 1. The van der Waals surface area contributed by atoms with Crippen LogP contribution in [-0.2, 0) is 0 Å². The zero-order valence-electron chi connectivity index (χ0n) is 11.1. The molecule has 0 fully saturated rings. The van der Waals surface area contributed by atoms with E-state index in [0.717, 1.165) is 0 Å². The molecule has 5 nitrogen and oxygen atoms in total. The summed E-state index contributed by atoms with van der Waals surface area (Å²) in [7, 11) is 0. The Hall–Kier alpha value is -2.89. The normalized spacial score (nSPS) is 11.0. The summed E-state index contributed by atoms with van der Waals surface area (Å²) < 4.78 is 18.5. The Balaban J connectivity index is 2.34. The topological polar surface area (TPSA) is 89.3 Å². The number of aromatic nitrogens is 1. The lowest BCUT2D eigenvalue weighted by molar-refractivity contribution is 0.0699. The molecule has 0 aliphatic carbocycles. The molecule has 21 heavy (non-hydrogen) atoms. The number of pyridine rings is 1. The number of nitrogens with zero attached hydrogens (tertiary/aromatic N) is 1. The number of fused-ring (bicyclic) bond motifs is 1. The Kier molecular flexibility index (Phi) is 2.86. The van der Waals surface area contributed by atoms with Crippen LogP contribution in [0.4, 0.5) is 10.2 Å². The second-order valence-electron chi connectivity index (χ2n) is 4.66. The van der Waals surface area contributed by atoms with Crippen LogP contribution >= 0.6 is 0 Å². The van der Waals surface area contributed by atoms with Gasteiger partial charge in [0.2, 0.25) is 5.71 Å². The van der Waals surface area contributed by atoms with E-state index in [1.54, 1.807) is 13.0 Å². The second-order valence-corrected chi connectivity index (χ2v) is 4.66. The Morgan fingerprint density at radius 3 is 2.62 bits per heavy atom. The van der Waals surface area contributed by atoms with Gasteiger partial charge in [0.15, 0.2) is 5.76 Å². The van der Waals surface area contributed by atoms with Crippen molar-refractivity contribution in [2.45, 2.75) is 6.92 Å². The minimum atomic E-state index is -1.14. The lowest BCUT2D eigenvalue weighted by Crippen LogP contribution is -1.98. The molecule has 0 saturated carbocycles. The van der Waals surface area contributed by atoms with E-state index >= 15 is 0 Å². The minimum Gasteiger partial charge on any atom is -0.478 e. The third-order valence-corrected chi connectivity index (χ3v) is 3.23. The summed E-state index contributed by atoms with van der Waals surface area (Å²) in [4.78, 5) is 15.6. The summed E-state index contributed by atoms with van der Waals surface area (Å²) in [5, 5.41) is 9.80. The molecule has 2 aromatic heterocycles. The molecule has 6 heteroatoms. The van der Waals surface area contributed by atoms with E-state index in [9.17, 15) is 14.3 Å². The summed E-state index contributed by atoms with van der Waals surface area (Å²) in [6.45, 7) is 1.73. The number of hydrogen-bond acceptors (Lipinski definition) is 4. The quantitative estimate of drug-likeness (QED) is 0.755. The molecule has 0 radical (unpaired) electrons. The molecule has 2 heterocycles. The highest BCUT2D eigenvalue weighted by atomic mass is 19.1. The van der Waals surface area contributed by atoms with Gasteiger partial charge in [0.1, 0.15) is 17.2 Å². The number of anilines is 1. The first kappa shape index (κ1) is 13.1. The number of halogens is 1. The maximum atomic E-state index is 13.0. The highest BCUT2D eigenvalue weighted by molar-refractivity contribution is 6.07. The van der Waals surface area contributed by atoms with E-state index in [2.05, 4.69) is 4.98 Å². The Bertz CT molecular complexity index is 853. The molecule has 0 saturated heterocycles. The maximum absolute atomic E-state index is 13.0. The molecular formula is C15H11FN2O3. The molecule has 3 aromatic rings. The third-order valence-electron chi connectivity index (χ3n) is 3.23. The van der Waals surface area contributed by atoms with Crippen molar-refractivity contribution in [1.29, 1.82) is 0 Å². The van der Waals surface area contributed by atoms with Crippen LogP contribution in [0.2, 0.25) is 0 Å². The van der Waals surface area contributed by atoms with Crippen LogP contribution in [0.15, 0.2) is 34.7 Å². The Morgan fingerprint density at radius 2 is 2.00 bits per heavy atom. The summed E-state index contributed by atoms with van der Waals surface area (Å²) in [5.41, 5.74) is 6.98. The van der Waals surface area contributed by atoms with Gasteiger partial charge in [-0.3, -0.25) is 0 Å². The van der Waals surface area contributed by atoms with Crippen molar-refractivity contribution in [2.75, 3.05) is 5.73 Å². The fourth-order valence-electron chi connectivity index (χ4n) is 2.15. The summed E-state index contributed by atoms with van der Waals surface area (Å²) in [6.07, 6.45) is 0. The minimum absolute atomic E-state index is 0.00721. The summed E-state index contributed by atoms with van der Waals surface area (Å²) in [6, 6.07) is 7.01. The van der Waals surface area contributed by atoms with Crippen molar-refractivity contribution in [3.05, 3.63) is 47.3 Å². The molecule has 0 amide bonds. The maximum Gasteiger partial charge on any atom is 0.340 e. The molecule has 3 rings (SSSR count). The number of nitrogens with two attached hydrogens (primary N) is 1. The molecule has 3 N–H and O–H groups in total. The number of carbonyl (C=O) groups is 1. The standard InChI is InChI=1S/C15H11FN2O3/c1-7-6-10-11(15(19)20)12(21-14(10)18-13(7)17)8-2-4-9(16)5-3-8/h2-6H,1H3,(H2,17,18)(H,19,20). The number of nitrogen functional groups attached to an aromatic ring is 1. The predicted octanol–water partition coefficient (Wildman–Crippen LogP) is 3.22. The predicted molar refractivity (Wildman–Crippen MR) is 75.5 cm³/mol. The lowest BCUT2D eigenvalue weighted by atomic mass is 10.1. The lowest BCUT2D eigenvalue weighted by Gasteiger charge is -1.99. The van der Waals surface area contributed by atoms with Gasteiger partial charge in [-0.1, -0.05) is 0 Å². The molecule has 0 atom stereocenters. The van der Waals surface area contributed by atoms with Crippen molar-refractivity contribution >= 4 is 22.9 Å². The van der Waals surface area contributed by atoms with Crippen LogP contribution in [0.5, 0.6) is 0 Å². The van der Waals surface area contributed by atoms with Crippen LogP contribution < -0.4 is 5.73 Å². The first-order valence-corrected chi connectivity index (χ1v) is 6.16. The van der Waals surface area contributed by atoms with Gasteiger partial charge in [-0.15, -0.1) is 0 Å². The smallest absolute Gasteiger partial charge is 0.340 e. The number of carboxylic acids is 1. The summed E-state index contributed by atoms with van der Waals surface area (Å²) >= 11 is 0. The second kappa shape index (κ2) is 4.59. The Labute approximate surface area is 118 Å². The van der Waals surface area contributed by atoms with Crippen LogP contribution in [0.25, 0.3) is 22.4 Å². The molecular weight excluding hydrogens is 275 g/mol. The van der Waals surface area contributed by atoms with Gasteiger partial charge < -0.3 is 15.3 Å². The number of hydrogen-bond donors (Lipinski definition) is 2. The molecule has 0 bridgehead atoms. The highest BCUT2D eigenvalue weighted by Gasteiger charge is 2.23. The monoisotopic (exact) mass is 286 g/mol. The average molecular weight is 286 g/mol. The zero-order valence-corrected chi connectivity index (χ0v) is 11.1. The van der Waals surface area contributed by atoms with Gasteiger partial charge >= 0.3 is 5.97 Å². The SMILES string of the molecule is Cc1cc2c(C(=O)O)c(-c3ccc(F)cc3)oc2nc1N. The Morgan fingerprint density at radius 1 is 1.33 bits per heavy atom. The molecule has 0 aliphatic rings. The van der Waals surface area contributed by atoms with E-state index < -0.39 is 11.8 Å². The van der Waals surface area contributed by atoms with E-state index in [1.807, 2.05) is 0 Å². The van der Waals surface area contributed by atoms with Gasteiger partial charge in [-0.25, -0.2) is 9.18 Å². The van der Waals surface area contributed by atoms with Crippen LogP contribution in [-0.4, -0.2) is 16.1 Å². The number of furan rings is 1. The zero-order chi connectivity index (χ0) is 15.1. The van der Waals surface area contributed by atoms with Gasteiger partial charge in [0.05, 0.1) is 5.39 Å². The van der Waals surface area contributed by atoms with Gasteiger partial charge in [0.25, 0.3) is 0 Å². The largest absolute Gasteiger partial charge is 0.478 e. The molecule has 0 spiro atoms. The van der Waals surface area contributed by atoms with E-state index in [4.69, 9.17) is 10.2 Å². The van der Waals surface area contributed by atoms with Crippen molar-refractivity contribution < 1.29 is 18.7 Å². The van der Waals surface area contributed by atoms with Gasteiger partial charge in [-0.2, -0.15) is 4.98 Å². The summed E-state index contributed by atoms with van der Waals surface area (Å²) in [5.74, 6) is -1.14. The van der Waals surface area contributed by atoms with E-state index in [-0.39, 0.29) is 22.9 Å². The fraction of sp³-hybridized carbons (Fsp3) is 0.0667. The van der Waals surface area contributed by atoms with Crippen LogP contribution in [0.1, 0.15) is 15.9 Å². The number of benzene rings is 1. The first-order chi connectivity index (χ1) is 9.97. The number of aryl methyl sites for hydroxylation is 1. The van der Waals surface area contributed by atoms with E-state index in [1.165, 1.54) is 24.3 Å². The number of rotatable bonds is 2. The molecule has 106 valence electrons. The van der Waals surface area contributed by atoms with Crippen LogP contribution in [0, 0.1) is 12.7 Å². The first-order valence-electron chi connectivity index (χ1n) is 6.16. The van der Waals surface area contributed by atoms with Crippen molar-refractivity contribution in [3.8, 4) is 11.3 Å². The van der Waals surface area contributed by atoms with Gasteiger partial charge in [-0.05, 0) is 42.8 Å². The van der Waals surface area contributed by atoms with Crippen molar-refractivity contribution in [3.63, 3.8) is 0 Å². The van der Waals surface area contributed by atoms with Crippen molar-refractivity contribution in [2.24, 2.45) is 0 Å². The van der Waals surface area contributed by atoms with Gasteiger partial charge in [0, 0.05) is 5.56 Å². The number of carboxylic acid groups (broad SMARTS) is 1. The van der Waals surface area contributed by atoms with E-state index in [0.29, 0.717) is 16.5 Å². The third kappa shape index (κ3) is 2.10. The highest BCUT2D eigenvalue weighted by Crippen LogP contribution is 2.34. The average Bonchev–Trinajstić information content (AvgIpc) is 2.78. The molecule has 0 aliphatic heterocycles. The molecule has 0 unspecified atom stereocenters. The van der Waals surface area contributed by atoms with Crippen molar-refractivity contribution in [1.82, 2.24) is 4.98 Å². The van der Waals surface area contributed by atoms with Crippen LogP contribution in [0.3, 0.4) is 0 Å².